The zero-order valence-corrected chi connectivity index (χ0v) is 11.2. The number of hydrogen-bond donors (Lipinski definition) is 2. The standard InChI is InChI=1S/C12H16ClN3S/c13-9-2-3-10(12(14)15)11(8-9)16-4-1-6-17-7-5-16/h2-3,8H,1,4-7H2,(H3,14,15). The number of amidine groups is 1. The van der Waals surface area contributed by atoms with Gasteiger partial charge in [-0.3, -0.25) is 5.41 Å². The molecular weight excluding hydrogens is 254 g/mol. The molecule has 1 heterocycles. The zero-order valence-electron chi connectivity index (χ0n) is 9.58. The van der Waals surface area contributed by atoms with Gasteiger partial charge in [0.25, 0.3) is 0 Å². The Hall–Kier alpha value is -0.870. The van der Waals surface area contributed by atoms with Crippen LogP contribution in [0.2, 0.25) is 5.02 Å². The van der Waals surface area contributed by atoms with Crippen LogP contribution >= 0.6 is 23.4 Å². The van der Waals surface area contributed by atoms with Crippen molar-refractivity contribution >= 4 is 34.9 Å². The van der Waals surface area contributed by atoms with Crippen LogP contribution in [0.15, 0.2) is 18.2 Å². The van der Waals surface area contributed by atoms with E-state index in [1.165, 1.54) is 5.75 Å². The van der Waals surface area contributed by atoms with Crippen LogP contribution in [0.4, 0.5) is 5.69 Å². The van der Waals surface area contributed by atoms with Crippen LogP contribution in [0.3, 0.4) is 0 Å². The number of nitrogen functional groups attached to an aromatic ring is 1. The van der Waals surface area contributed by atoms with E-state index in [-0.39, 0.29) is 5.84 Å². The summed E-state index contributed by atoms with van der Waals surface area (Å²) in [5.74, 6) is 2.42. The number of halogens is 1. The van der Waals surface area contributed by atoms with Gasteiger partial charge in [0.05, 0.1) is 0 Å². The third-order valence-corrected chi connectivity index (χ3v) is 4.10. The van der Waals surface area contributed by atoms with Crippen LogP contribution in [0.5, 0.6) is 0 Å². The molecule has 0 aliphatic carbocycles. The molecule has 0 aromatic heterocycles. The first kappa shape index (κ1) is 12.6. The predicted octanol–water partition coefficient (Wildman–Crippen LogP) is 2.57. The normalized spacial score (nSPS) is 16.6. The third kappa shape index (κ3) is 3.07. The van der Waals surface area contributed by atoms with Gasteiger partial charge in [-0.2, -0.15) is 11.8 Å². The van der Waals surface area contributed by atoms with Crippen LogP contribution in [0.1, 0.15) is 12.0 Å². The number of hydrogen-bond acceptors (Lipinski definition) is 3. The average Bonchev–Trinajstić information content (AvgIpc) is 2.56. The molecule has 0 atom stereocenters. The Labute approximate surface area is 111 Å². The van der Waals surface area contributed by atoms with E-state index in [4.69, 9.17) is 22.7 Å². The van der Waals surface area contributed by atoms with Crippen molar-refractivity contribution in [1.82, 2.24) is 0 Å². The van der Waals surface area contributed by atoms with Crippen molar-refractivity contribution in [3.63, 3.8) is 0 Å². The third-order valence-electron chi connectivity index (χ3n) is 2.81. The molecule has 17 heavy (non-hydrogen) atoms. The summed E-state index contributed by atoms with van der Waals surface area (Å²) in [6.07, 6.45) is 1.16. The minimum atomic E-state index is 0.105. The number of thioether (sulfide) groups is 1. The van der Waals surface area contributed by atoms with Crippen molar-refractivity contribution < 1.29 is 0 Å². The number of benzene rings is 1. The molecule has 1 aliphatic rings. The first-order valence-electron chi connectivity index (χ1n) is 5.65. The van der Waals surface area contributed by atoms with E-state index < -0.39 is 0 Å². The molecule has 1 aromatic carbocycles. The van der Waals surface area contributed by atoms with E-state index in [0.29, 0.717) is 5.02 Å². The van der Waals surface area contributed by atoms with E-state index in [1.807, 2.05) is 23.9 Å². The SMILES string of the molecule is N=C(N)c1ccc(Cl)cc1N1CCCSCC1. The summed E-state index contributed by atoms with van der Waals surface area (Å²) < 4.78 is 0. The minimum absolute atomic E-state index is 0.105. The Morgan fingerprint density at radius 3 is 2.94 bits per heavy atom. The molecule has 0 radical (unpaired) electrons. The van der Waals surface area contributed by atoms with Gasteiger partial charge in [0.15, 0.2) is 0 Å². The average molecular weight is 270 g/mol. The molecular formula is C12H16ClN3S. The topological polar surface area (TPSA) is 53.1 Å². The van der Waals surface area contributed by atoms with Gasteiger partial charge < -0.3 is 10.6 Å². The lowest BCUT2D eigenvalue weighted by molar-refractivity contribution is 0.815. The van der Waals surface area contributed by atoms with Crippen LogP contribution in [0, 0.1) is 5.41 Å². The van der Waals surface area contributed by atoms with Crippen molar-refractivity contribution in [3.05, 3.63) is 28.8 Å². The Morgan fingerprint density at radius 2 is 2.18 bits per heavy atom. The van der Waals surface area contributed by atoms with Crippen LogP contribution < -0.4 is 10.6 Å². The second-order valence-corrected chi connectivity index (χ2v) is 5.69. The van der Waals surface area contributed by atoms with Crippen molar-refractivity contribution in [2.24, 2.45) is 5.73 Å². The van der Waals surface area contributed by atoms with E-state index >= 15 is 0 Å². The maximum Gasteiger partial charge on any atom is 0.124 e. The van der Waals surface area contributed by atoms with Gasteiger partial charge in [-0.15, -0.1) is 0 Å². The second-order valence-electron chi connectivity index (χ2n) is 4.03. The van der Waals surface area contributed by atoms with Gasteiger partial charge in [-0.05, 0) is 30.4 Å². The molecule has 0 bridgehead atoms. The molecule has 1 saturated heterocycles. The Morgan fingerprint density at radius 1 is 1.35 bits per heavy atom. The van der Waals surface area contributed by atoms with Gasteiger partial charge in [0.2, 0.25) is 0 Å². The van der Waals surface area contributed by atoms with Gasteiger partial charge in [0.1, 0.15) is 5.84 Å². The molecule has 3 nitrogen and oxygen atoms in total. The first-order valence-corrected chi connectivity index (χ1v) is 7.18. The van der Waals surface area contributed by atoms with Crippen molar-refractivity contribution in [1.29, 1.82) is 5.41 Å². The summed E-state index contributed by atoms with van der Waals surface area (Å²) in [6, 6.07) is 5.53. The predicted molar refractivity (Wildman–Crippen MR) is 76.6 cm³/mol. The van der Waals surface area contributed by atoms with Crippen molar-refractivity contribution in [3.8, 4) is 0 Å². The number of nitrogens with zero attached hydrogens (tertiary/aromatic N) is 1. The zero-order chi connectivity index (χ0) is 12.3. The van der Waals surface area contributed by atoms with Gasteiger partial charge in [-0.1, -0.05) is 11.6 Å². The Bertz CT molecular complexity index is 414. The number of anilines is 1. The highest BCUT2D eigenvalue weighted by molar-refractivity contribution is 7.99. The van der Waals surface area contributed by atoms with E-state index in [9.17, 15) is 0 Å². The lowest BCUT2D eigenvalue weighted by Gasteiger charge is -2.25. The van der Waals surface area contributed by atoms with E-state index in [1.54, 1.807) is 6.07 Å². The van der Waals surface area contributed by atoms with E-state index in [2.05, 4.69) is 4.90 Å². The highest BCUT2D eigenvalue weighted by atomic mass is 35.5. The fourth-order valence-electron chi connectivity index (χ4n) is 1.98. The molecule has 0 saturated carbocycles. The summed E-state index contributed by atoms with van der Waals surface area (Å²) in [5.41, 5.74) is 7.39. The summed E-state index contributed by atoms with van der Waals surface area (Å²) in [6.45, 7) is 2.00. The monoisotopic (exact) mass is 269 g/mol. The maximum absolute atomic E-state index is 7.62. The smallest absolute Gasteiger partial charge is 0.124 e. The fourth-order valence-corrected chi connectivity index (χ4v) is 3.03. The molecule has 5 heteroatoms. The number of nitrogens with one attached hydrogen (secondary N) is 1. The highest BCUT2D eigenvalue weighted by Gasteiger charge is 2.15. The molecule has 92 valence electrons. The lowest BCUT2D eigenvalue weighted by Crippen LogP contribution is -2.28. The van der Waals surface area contributed by atoms with Crippen molar-refractivity contribution in [2.45, 2.75) is 6.42 Å². The molecule has 2 rings (SSSR count). The highest BCUT2D eigenvalue weighted by Crippen LogP contribution is 2.26. The summed E-state index contributed by atoms with van der Waals surface area (Å²) >= 11 is 8.01. The summed E-state index contributed by atoms with van der Waals surface area (Å²) in [5, 5.41) is 8.32. The molecule has 0 unspecified atom stereocenters. The molecule has 1 aliphatic heterocycles. The largest absolute Gasteiger partial charge is 0.384 e. The number of nitrogens with two attached hydrogens (primary N) is 1. The Kier molecular flexibility index (Phi) is 4.18. The fraction of sp³-hybridized carbons (Fsp3) is 0.417. The molecule has 0 spiro atoms. The molecule has 1 aromatic rings. The first-order chi connectivity index (χ1) is 8.18. The maximum atomic E-state index is 7.62. The minimum Gasteiger partial charge on any atom is -0.384 e. The summed E-state index contributed by atoms with van der Waals surface area (Å²) in [4.78, 5) is 2.28. The Balaban J connectivity index is 2.34. The van der Waals surface area contributed by atoms with Gasteiger partial charge >= 0.3 is 0 Å². The quantitative estimate of drug-likeness (QED) is 0.641. The van der Waals surface area contributed by atoms with Crippen LogP contribution in [-0.2, 0) is 0 Å². The second kappa shape index (κ2) is 5.65. The van der Waals surface area contributed by atoms with E-state index in [0.717, 1.165) is 36.5 Å². The number of rotatable bonds is 2. The summed E-state index contributed by atoms with van der Waals surface area (Å²) in [7, 11) is 0. The molecule has 0 amide bonds. The molecule has 3 N–H and O–H groups in total. The van der Waals surface area contributed by atoms with Gasteiger partial charge in [-0.25, -0.2) is 0 Å². The van der Waals surface area contributed by atoms with Crippen LogP contribution in [-0.4, -0.2) is 30.4 Å². The lowest BCUT2D eigenvalue weighted by atomic mass is 10.1. The van der Waals surface area contributed by atoms with Crippen molar-refractivity contribution in [2.75, 3.05) is 29.5 Å². The van der Waals surface area contributed by atoms with Crippen LogP contribution in [0.25, 0.3) is 0 Å². The van der Waals surface area contributed by atoms with Gasteiger partial charge in [0, 0.05) is 35.1 Å². The molecule has 1 fully saturated rings.